The van der Waals surface area contributed by atoms with Crippen molar-refractivity contribution in [1.29, 1.82) is 5.26 Å². The van der Waals surface area contributed by atoms with Crippen LogP contribution in [0.15, 0.2) is 30.3 Å². The highest BCUT2D eigenvalue weighted by Gasteiger charge is 2.22. The zero-order valence-corrected chi connectivity index (χ0v) is 15.9. The van der Waals surface area contributed by atoms with Crippen molar-refractivity contribution in [3.63, 3.8) is 0 Å². The zero-order chi connectivity index (χ0) is 20.3. The smallest absolute Gasteiger partial charge is 0.407 e. The Morgan fingerprint density at radius 2 is 1.89 bits per heavy atom. The highest BCUT2D eigenvalue weighted by atomic mass is 16.6. The summed E-state index contributed by atoms with van der Waals surface area (Å²) >= 11 is 0. The molecule has 0 saturated carbocycles. The van der Waals surface area contributed by atoms with Crippen LogP contribution in [0.2, 0.25) is 0 Å². The monoisotopic (exact) mass is 377 g/mol. The fourth-order valence-corrected chi connectivity index (χ4v) is 2.14. The standard InChI is InChI=1S/C19H27N3O5/c1-19(2,3)27-17(24)21-11-7-10-15(16(23)12-20)22-18(25)26-13-14-8-5-4-6-9-14/h4-6,8-9,15-16,23H,7,10-11,13H2,1-3H3,(H,21,24)(H,22,25)/t15-,16?/m0/s1. The minimum atomic E-state index is -1.38. The van der Waals surface area contributed by atoms with Crippen LogP contribution in [0.1, 0.15) is 39.2 Å². The molecule has 0 spiro atoms. The summed E-state index contributed by atoms with van der Waals surface area (Å²) in [6.07, 6.45) is -1.93. The van der Waals surface area contributed by atoms with E-state index in [4.69, 9.17) is 14.7 Å². The molecule has 0 fully saturated rings. The number of aliphatic hydroxyl groups is 1. The van der Waals surface area contributed by atoms with Crippen molar-refractivity contribution < 1.29 is 24.2 Å². The normalized spacial score (nSPS) is 13.0. The molecule has 0 aliphatic rings. The zero-order valence-electron chi connectivity index (χ0n) is 15.9. The van der Waals surface area contributed by atoms with E-state index in [2.05, 4.69) is 10.6 Å². The fourth-order valence-electron chi connectivity index (χ4n) is 2.14. The number of alkyl carbamates (subject to hydrolysis) is 2. The molecule has 1 aromatic carbocycles. The Bertz CT molecular complexity index is 637. The van der Waals surface area contributed by atoms with Gasteiger partial charge in [-0.15, -0.1) is 0 Å². The molecule has 2 atom stereocenters. The third-order valence-corrected chi connectivity index (χ3v) is 3.39. The largest absolute Gasteiger partial charge is 0.445 e. The number of nitriles is 1. The Labute approximate surface area is 159 Å². The van der Waals surface area contributed by atoms with Crippen molar-refractivity contribution >= 4 is 12.2 Å². The van der Waals surface area contributed by atoms with E-state index in [0.717, 1.165) is 5.56 Å². The summed E-state index contributed by atoms with van der Waals surface area (Å²) in [6, 6.07) is 10.0. The van der Waals surface area contributed by atoms with Crippen molar-refractivity contribution in [1.82, 2.24) is 10.6 Å². The molecule has 1 rings (SSSR count). The first kappa shape index (κ1) is 22.3. The minimum Gasteiger partial charge on any atom is -0.445 e. The van der Waals surface area contributed by atoms with Crippen molar-refractivity contribution in [2.45, 2.75) is 58.0 Å². The number of hydrogen-bond donors (Lipinski definition) is 3. The molecule has 1 unspecified atom stereocenters. The molecule has 0 aromatic heterocycles. The van der Waals surface area contributed by atoms with Crippen LogP contribution in [0.5, 0.6) is 0 Å². The maximum absolute atomic E-state index is 11.9. The van der Waals surface area contributed by atoms with Gasteiger partial charge in [0.05, 0.1) is 12.1 Å². The number of rotatable bonds is 8. The quantitative estimate of drug-likeness (QED) is 0.473. The van der Waals surface area contributed by atoms with Crippen molar-refractivity contribution in [2.24, 2.45) is 0 Å². The molecule has 0 aliphatic heterocycles. The second-order valence-corrected chi connectivity index (χ2v) is 6.96. The van der Waals surface area contributed by atoms with E-state index in [-0.39, 0.29) is 19.6 Å². The number of ether oxygens (including phenoxy) is 2. The van der Waals surface area contributed by atoms with Gasteiger partial charge in [0.15, 0.2) is 6.10 Å². The minimum absolute atomic E-state index is 0.0856. The number of amides is 2. The van der Waals surface area contributed by atoms with Crippen LogP contribution in [0, 0.1) is 11.3 Å². The highest BCUT2D eigenvalue weighted by Crippen LogP contribution is 2.07. The lowest BCUT2D eigenvalue weighted by Gasteiger charge is -2.21. The van der Waals surface area contributed by atoms with E-state index in [1.807, 2.05) is 30.3 Å². The summed E-state index contributed by atoms with van der Waals surface area (Å²) in [7, 11) is 0. The van der Waals surface area contributed by atoms with E-state index in [1.165, 1.54) is 0 Å². The predicted octanol–water partition coefficient (Wildman–Crippen LogP) is 2.47. The summed E-state index contributed by atoms with van der Waals surface area (Å²) in [5.41, 5.74) is 0.236. The second-order valence-electron chi connectivity index (χ2n) is 6.96. The van der Waals surface area contributed by atoms with Gasteiger partial charge in [0.1, 0.15) is 12.2 Å². The Morgan fingerprint density at radius 1 is 1.22 bits per heavy atom. The molecule has 8 nitrogen and oxygen atoms in total. The molecular formula is C19H27N3O5. The van der Waals surface area contributed by atoms with Gasteiger partial charge in [-0.05, 0) is 39.2 Å². The van der Waals surface area contributed by atoms with E-state index < -0.39 is 29.9 Å². The van der Waals surface area contributed by atoms with Gasteiger partial charge in [-0.1, -0.05) is 30.3 Å². The van der Waals surface area contributed by atoms with Gasteiger partial charge in [-0.2, -0.15) is 5.26 Å². The lowest BCUT2D eigenvalue weighted by Crippen LogP contribution is -2.43. The van der Waals surface area contributed by atoms with Crippen molar-refractivity contribution in [3.8, 4) is 6.07 Å². The Kier molecular flexibility index (Phi) is 9.09. The summed E-state index contributed by atoms with van der Waals surface area (Å²) in [5, 5.41) is 23.8. The summed E-state index contributed by atoms with van der Waals surface area (Å²) in [4.78, 5) is 23.5. The van der Waals surface area contributed by atoms with E-state index in [9.17, 15) is 14.7 Å². The average molecular weight is 377 g/mol. The molecule has 0 aliphatic carbocycles. The average Bonchev–Trinajstić information content (AvgIpc) is 2.61. The number of benzene rings is 1. The number of carbonyl (C=O) groups excluding carboxylic acids is 2. The fraction of sp³-hybridized carbons (Fsp3) is 0.526. The van der Waals surface area contributed by atoms with Crippen LogP contribution in [-0.4, -0.2) is 41.6 Å². The second kappa shape index (κ2) is 11.0. The van der Waals surface area contributed by atoms with Crippen LogP contribution in [0.4, 0.5) is 9.59 Å². The number of carbonyl (C=O) groups is 2. The number of hydrogen-bond acceptors (Lipinski definition) is 6. The predicted molar refractivity (Wildman–Crippen MR) is 98.6 cm³/mol. The highest BCUT2D eigenvalue weighted by molar-refractivity contribution is 5.68. The van der Waals surface area contributed by atoms with Crippen LogP contribution >= 0.6 is 0 Å². The van der Waals surface area contributed by atoms with Crippen LogP contribution in [-0.2, 0) is 16.1 Å². The third kappa shape index (κ3) is 10.1. The van der Waals surface area contributed by atoms with Gasteiger partial charge >= 0.3 is 12.2 Å². The SMILES string of the molecule is CC(C)(C)OC(=O)NCCC[C@H](NC(=O)OCc1ccccc1)C(O)C#N. The maximum Gasteiger partial charge on any atom is 0.407 e. The Hall–Kier alpha value is -2.79. The molecule has 0 saturated heterocycles. The molecule has 1 aromatic rings. The first-order valence-electron chi connectivity index (χ1n) is 8.73. The molecule has 8 heteroatoms. The maximum atomic E-state index is 11.9. The van der Waals surface area contributed by atoms with Gasteiger partial charge in [-0.25, -0.2) is 9.59 Å². The van der Waals surface area contributed by atoms with Gasteiger partial charge in [0.25, 0.3) is 0 Å². The molecule has 0 heterocycles. The first-order valence-corrected chi connectivity index (χ1v) is 8.73. The van der Waals surface area contributed by atoms with E-state index in [1.54, 1.807) is 26.8 Å². The molecule has 0 bridgehead atoms. The molecule has 0 radical (unpaired) electrons. The van der Waals surface area contributed by atoms with Gasteiger partial charge < -0.3 is 25.2 Å². The van der Waals surface area contributed by atoms with Crippen molar-refractivity contribution in [2.75, 3.05) is 6.54 Å². The Balaban J connectivity index is 2.39. The number of nitrogens with one attached hydrogen (secondary N) is 2. The topological polar surface area (TPSA) is 121 Å². The Morgan fingerprint density at radius 3 is 2.48 bits per heavy atom. The summed E-state index contributed by atoms with van der Waals surface area (Å²) < 4.78 is 10.2. The van der Waals surface area contributed by atoms with Crippen LogP contribution in [0.3, 0.4) is 0 Å². The molecule has 2 amide bonds. The van der Waals surface area contributed by atoms with E-state index in [0.29, 0.717) is 6.42 Å². The van der Waals surface area contributed by atoms with Gasteiger partial charge in [0, 0.05) is 6.54 Å². The molecule has 3 N–H and O–H groups in total. The molecular weight excluding hydrogens is 350 g/mol. The van der Waals surface area contributed by atoms with E-state index >= 15 is 0 Å². The number of nitrogens with zero attached hydrogens (tertiary/aromatic N) is 1. The molecule has 27 heavy (non-hydrogen) atoms. The summed E-state index contributed by atoms with van der Waals surface area (Å²) in [6.45, 7) is 5.65. The lowest BCUT2D eigenvalue weighted by atomic mass is 10.1. The van der Waals surface area contributed by atoms with Gasteiger partial charge in [0.2, 0.25) is 0 Å². The first-order chi connectivity index (χ1) is 12.7. The van der Waals surface area contributed by atoms with Crippen LogP contribution in [0.25, 0.3) is 0 Å². The van der Waals surface area contributed by atoms with Crippen LogP contribution < -0.4 is 10.6 Å². The summed E-state index contributed by atoms with van der Waals surface area (Å²) in [5.74, 6) is 0. The lowest BCUT2D eigenvalue weighted by molar-refractivity contribution is 0.0525. The molecule has 148 valence electrons. The third-order valence-electron chi connectivity index (χ3n) is 3.39. The number of aliphatic hydroxyl groups excluding tert-OH is 1. The van der Waals surface area contributed by atoms with Gasteiger partial charge in [-0.3, -0.25) is 0 Å². The van der Waals surface area contributed by atoms with Crippen molar-refractivity contribution in [3.05, 3.63) is 35.9 Å².